The number of hydrogen-bond donors (Lipinski definition) is 2. The molecule has 4 heteroatoms. The van der Waals surface area contributed by atoms with Gasteiger partial charge < -0.3 is 15.3 Å². The minimum atomic E-state index is -0.228. The maximum atomic E-state index is 12.1. The molecule has 1 fully saturated rings. The maximum Gasteiger partial charge on any atom is 0.317 e. The Morgan fingerprint density at radius 3 is 2.55 bits per heavy atom. The highest BCUT2D eigenvalue weighted by Gasteiger charge is 2.27. The number of hydrogen-bond acceptors (Lipinski definition) is 2. The number of aliphatic hydroxyl groups is 1. The SMILES string of the molecule is CC(C)CCCC(C)NC(=O)N(C)CC1CCCC1O. The van der Waals surface area contributed by atoms with E-state index in [0.717, 1.165) is 38.0 Å². The van der Waals surface area contributed by atoms with Crippen molar-refractivity contribution in [2.75, 3.05) is 13.6 Å². The lowest BCUT2D eigenvalue weighted by Gasteiger charge is -2.25. The number of urea groups is 1. The highest BCUT2D eigenvalue weighted by atomic mass is 16.3. The lowest BCUT2D eigenvalue weighted by atomic mass is 10.0. The number of carbonyl (C=O) groups is 1. The molecule has 4 nitrogen and oxygen atoms in total. The number of aliphatic hydroxyl groups excluding tert-OH is 1. The smallest absolute Gasteiger partial charge is 0.317 e. The molecule has 2 N–H and O–H groups in total. The van der Waals surface area contributed by atoms with Crippen LogP contribution in [-0.4, -0.2) is 41.8 Å². The molecule has 1 saturated carbocycles. The molecule has 0 radical (unpaired) electrons. The third-order valence-corrected chi connectivity index (χ3v) is 4.26. The Morgan fingerprint density at radius 2 is 2.00 bits per heavy atom. The van der Waals surface area contributed by atoms with Crippen molar-refractivity contribution in [3.63, 3.8) is 0 Å². The Balaban J connectivity index is 2.23. The second-order valence-corrected chi connectivity index (χ2v) is 6.81. The molecule has 0 bridgehead atoms. The molecule has 1 rings (SSSR count). The van der Waals surface area contributed by atoms with E-state index in [-0.39, 0.29) is 24.1 Å². The summed E-state index contributed by atoms with van der Waals surface area (Å²) in [4.78, 5) is 13.8. The summed E-state index contributed by atoms with van der Waals surface area (Å²) in [5, 5.41) is 12.9. The first kappa shape index (κ1) is 17.3. The molecule has 0 spiro atoms. The number of carbonyl (C=O) groups excluding carboxylic acids is 1. The van der Waals surface area contributed by atoms with E-state index in [0.29, 0.717) is 6.54 Å². The quantitative estimate of drug-likeness (QED) is 0.755. The average Bonchev–Trinajstić information content (AvgIpc) is 2.74. The van der Waals surface area contributed by atoms with Crippen molar-refractivity contribution in [3.05, 3.63) is 0 Å². The largest absolute Gasteiger partial charge is 0.393 e. The monoisotopic (exact) mass is 284 g/mol. The van der Waals surface area contributed by atoms with Crippen LogP contribution in [0.3, 0.4) is 0 Å². The fourth-order valence-corrected chi connectivity index (χ4v) is 2.89. The van der Waals surface area contributed by atoms with Crippen molar-refractivity contribution in [2.24, 2.45) is 11.8 Å². The van der Waals surface area contributed by atoms with Crippen LogP contribution in [0.1, 0.15) is 59.3 Å². The van der Waals surface area contributed by atoms with Crippen LogP contribution in [0.4, 0.5) is 4.79 Å². The van der Waals surface area contributed by atoms with Gasteiger partial charge in [0.15, 0.2) is 0 Å². The lowest BCUT2D eigenvalue weighted by Crippen LogP contribution is -2.44. The Hall–Kier alpha value is -0.770. The van der Waals surface area contributed by atoms with Crippen molar-refractivity contribution in [1.82, 2.24) is 10.2 Å². The Bertz CT molecular complexity index is 294. The lowest BCUT2D eigenvalue weighted by molar-refractivity contribution is 0.113. The molecular weight excluding hydrogens is 252 g/mol. The molecule has 1 aliphatic rings. The molecular formula is C16H32N2O2. The Kier molecular flexibility index (Phi) is 7.35. The highest BCUT2D eigenvalue weighted by Crippen LogP contribution is 2.25. The summed E-state index contributed by atoms with van der Waals surface area (Å²) < 4.78 is 0. The van der Waals surface area contributed by atoms with Crippen molar-refractivity contribution in [3.8, 4) is 0 Å². The van der Waals surface area contributed by atoms with Gasteiger partial charge >= 0.3 is 6.03 Å². The van der Waals surface area contributed by atoms with Gasteiger partial charge in [-0.3, -0.25) is 0 Å². The van der Waals surface area contributed by atoms with Crippen LogP contribution in [0.2, 0.25) is 0 Å². The van der Waals surface area contributed by atoms with Gasteiger partial charge in [-0.25, -0.2) is 4.79 Å². The molecule has 0 aromatic rings. The zero-order chi connectivity index (χ0) is 15.1. The van der Waals surface area contributed by atoms with E-state index in [1.807, 2.05) is 7.05 Å². The van der Waals surface area contributed by atoms with E-state index < -0.39 is 0 Å². The number of nitrogens with zero attached hydrogens (tertiary/aromatic N) is 1. The molecule has 0 aliphatic heterocycles. The molecule has 3 atom stereocenters. The van der Waals surface area contributed by atoms with E-state index in [1.54, 1.807) is 4.90 Å². The summed E-state index contributed by atoms with van der Waals surface area (Å²) in [6.07, 6.45) is 6.16. The summed E-state index contributed by atoms with van der Waals surface area (Å²) in [7, 11) is 1.82. The molecule has 118 valence electrons. The van der Waals surface area contributed by atoms with Gasteiger partial charge in [0, 0.05) is 25.6 Å². The van der Waals surface area contributed by atoms with Gasteiger partial charge in [-0.05, 0) is 32.1 Å². The zero-order valence-electron chi connectivity index (χ0n) is 13.6. The Labute approximate surface area is 123 Å². The van der Waals surface area contributed by atoms with Gasteiger partial charge in [0.2, 0.25) is 0 Å². The van der Waals surface area contributed by atoms with Crippen LogP contribution in [-0.2, 0) is 0 Å². The van der Waals surface area contributed by atoms with Crippen LogP contribution in [0.15, 0.2) is 0 Å². The fraction of sp³-hybridized carbons (Fsp3) is 0.938. The fourth-order valence-electron chi connectivity index (χ4n) is 2.89. The summed E-state index contributed by atoms with van der Waals surface area (Å²) >= 11 is 0. The van der Waals surface area contributed by atoms with E-state index >= 15 is 0 Å². The number of rotatable bonds is 7. The molecule has 3 unspecified atom stereocenters. The Morgan fingerprint density at radius 1 is 1.30 bits per heavy atom. The predicted octanol–water partition coefficient (Wildman–Crippen LogP) is 3.00. The van der Waals surface area contributed by atoms with E-state index in [9.17, 15) is 9.90 Å². The van der Waals surface area contributed by atoms with Crippen molar-refractivity contribution in [2.45, 2.75) is 71.4 Å². The van der Waals surface area contributed by atoms with Gasteiger partial charge in [-0.1, -0.05) is 33.1 Å². The van der Waals surface area contributed by atoms with Crippen LogP contribution in [0, 0.1) is 11.8 Å². The standard InChI is InChI=1S/C16H32N2O2/c1-12(2)7-5-8-13(3)17-16(20)18(4)11-14-9-6-10-15(14)19/h12-15,19H,5-11H2,1-4H3,(H,17,20). The van der Waals surface area contributed by atoms with Crippen molar-refractivity contribution < 1.29 is 9.90 Å². The van der Waals surface area contributed by atoms with Crippen LogP contribution in [0.5, 0.6) is 0 Å². The van der Waals surface area contributed by atoms with Gasteiger partial charge in [0.25, 0.3) is 0 Å². The van der Waals surface area contributed by atoms with Crippen LogP contribution in [0.25, 0.3) is 0 Å². The predicted molar refractivity (Wildman–Crippen MR) is 82.7 cm³/mol. The van der Waals surface area contributed by atoms with Crippen molar-refractivity contribution in [1.29, 1.82) is 0 Å². The minimum absolute atomic E-state index is 0.0128. The topological polar surface area (TPSA) is 52.6 Å². The number of amides is 2. The first-order chi connectivity index (χ1) is 9.40. The highest BCUT2D eigenvalue weighted by molar-refractivity contribution is 5.74. The van der Waals surface area contributed by atoms with Crippen molar-refractivity contribution >= 4 is 6.03 Å². The van der Waals surface area contributed by atoms with E-state index in [2.05, 4.69) is 26.1 Å². The van der Waals surface area contributed by atoms with Gasteiger partial charge in [-0.2, -0.15) is 0 Å². The summed E-state index contributed by atoms with van der Waals surface area (Å²) in [5.41, 5.74) is 0. The minimum Gasteiger partial charge on any atom is -0.393 e. The zero-order valence-corrected chi connectivity index (χ0v) is 13.6. The summed E-state index contributed by atoms with van der Waals surface area (Å²) in [6, 6.07) is 0.207. The first-order valence-corrected chi connectivity index (χ1v) is 8.09. The maximum absolute atomic E-state index is 12.1. The molecule has 20 heavy (non-hydrogen) atoms. The van der Waals surface area contributed by atoms with E-state index in [4.69, 9.17) is 0 Å². The second-order valence-electron chi connectivity index (χ2n) is 6.81. The number of nitrogens with one attached hydrogen (secondary N) is 1. The third kappa shape index (κ3) is 6.12. The molecule has 1 aliphatic carbocycles. The van der Waals surface area contributed by atoms with Gasteiger partial charge in [0.1, 0.15) is 0 Å². The molecule has 0 aromatic carbocycles. The second kappa shape index (κ2) is 8.50. The van der Waals surface area contributed by atoms with Gasteiger partial charge in [-0.15, -0.1) is 0 Å². The molecule has 2 amide bonds. The molecule has 0 saturated heterocycles. The average molecular weight is 284 g/mol. The van der Waals surface area contributed by atoms with Gasteiger partial charge in [0.05, 0.1) is 6.10 Å². The van der Waals surface area contributed by atoms with Crippen LogP contribution < -0.4 is 5.32 Å². The van der Waals surface area contributed by atoms with Crippen LogP contribution >= 0.6 is 0 Å². The third-order valence-electron chi connectivity index (χ3n) is 4.26. The summed E-state index contributed by atoms with van der Waals surface area (Å²) in [5.74, 6) is 0.978. The normalized spacial score (nSPS) is 23.9. The molecule has 0 heterocycles. The van der Waals surface area contributed by atoms with E-state index in [1.165, 1.54) is 6.42 Å². The first-order valence-electron chi connectivity index (χ1n) is 8.09. The summed E-state index contributed by atoms with van der Waals surface area (Å²) in [6.45, 7) is 7.18. The molecule has 0 aromatic heterocycles.